The third kappa shape index (κ3) is 4.30. The molecule has 0 radical (unpaired) electrons. The minimum absolute atomic E-state index is 0.154. The smallest absolute Gasteiger partial charge is 0.348 e. The number of ether oxygens (including phenoxy) is 3. The fraction of sp³-hybridized carbons (Fsp3) is 0.316. The average molecular weight is 356 g/mol. The summed E-state index contributed by atoms with van der Waals surface area (Å²) < 4.78 is 18.0. The van der Waals surface area contributed by atoms with E-state index in [0.29, 0.717) is 17.9 Å². The van der Waals surface area contributed by atoms with E-state index in [2.05, 4.69) is 4.98 Å². The number of para-hydroxylation sites is 1. The van der Waals surface area contributed by atoms with Crippen molar-refractivity contribution in [2.75, 3.05) is 6.61 Å². The molecule has 1 aromatic carbocycles. The maximum absolute atomic E-state index is 12.1. The lowest BCUT2D eigenvalue weighted by Gasteiger charge is -2.29. The lowest BCUT2D eigenvalue weighted by atomic mass is 10.1. The first-order valence-corrected chi connectivity index (χ1v) is 8.30. The van der Waals surface area contributed by atoms with Crippen molar-refractivity contribution in [3.05, 3.63) is 54.1 Å². The number of rotatable bonds is 6. The molecule has 0 aliphatic carbocycles. The highest BCUT2D eigenvalue weighted by Crippen LogP contribution is 2.27. The molecule has 1 aliphatic heterocycles. The van der Waals surface area contributed by atoms with Crippen LogP contribution in [0.2, 0.25) is 0 Å². The van der Waals surface area contributed by atoms with E-state index in [1.54, 1.807) is 30.7 Å². The first-order valence-electron chi connectivity index (χ1n) is 8.30. The van der Waals surface area contributed by atoms with Gasteiger partial charge in [-0.05, 0) is 18.6 Å². The van der Waals surface area contributed by atoms with Crippen LogP contribution in [0.15, 0.2) is 48.6 Å². The maximum Gasteiger partial charge on any atom is 0.348 e. The number of hydrogen-bond acceptors (Lipinski definition) is 6. The van der Waals surface area contributed by atoms with Crippen LogP contribution in [-0.4, -0.2) is 33.9 Å². The number of cyclic esters (lactones) is 2. The van der Waals surface area contributed by atoms with E-state index in [9.17, 15) is 9.59 Å². The number of aromatic nitrogens is 2. The van der Waals surface area contributed by atoms with Crippen molar-refractivity contribution in [2.24, 2.45) is 0 Å². The second kappa shape index (κ2) is 7.43. The highest BCUT2D eigenvalue weighted by molar-refractivity contribution is 6.19. The van der Waals surface area contributed by atoms with Gasteiger partial charge in [0.1, 0.15) is 11.3 Å². The molecular weight excluding hydrogens is 336 g/mol. The molecule has 26 heavy (non-hydrogen) atoms. The van der Waals surface area contributed by atoms with Gasteiger partial charge in [0.05, 0.1) is 12.9 Å². The quantitative estimate of drug-likeness (QED) is 0.343. The van der Waals surface area contributed by atoms with Gasteiger partial charge >= 0.3 is 11.9 Å². The van der Waals surface area contributed by atoms with Crippen molar-refractivity contribution in [2.45, 2.75) is 32.6 Å². The van der Waals surface area contributed by atoms with Crippen molar-refractivity contribution in [3.63, 3.8) is 0 Å². The molecule has 0 bridgehead atoms. The molecule has 1 aromatic heterocycles. The zero-order chi connectivity index (χ0) is 18.6. The van der Waals surface area contributed by atoms with Crippen LogP contribution in [0.3, 0.4) is 0 Å². The molecule has 0 saturated carbocycles. The molecule has 0 atom stereocenters. The molecule has 0 spiro atoms. The van der Waals surface area contributed by atoms with Gasteiger partial charge in [-0.3, -0.25) is 0 Å². The summed E-state index contributed by atoms with van der Waals surface area (Å²) in [7, 11) is 0. The molecule has 2 heterocycles. The number of imidazole rings is 1. The van der Waals surface area contributed by atoms with E-state index in [1.165, 1.54) is 19.9 Å². The normalized spacial score (nSPS) is 16.0. The van der Waals surface area contributed by atoms with Crippen LogP contribution in [-0.2, 0) is 25.6 Å². The van der Waals surface area contributed by atoms with Gasteiger partial charge in [0.2, 0.25) is 0 Å². The second-order valence-corrected chi connectivity index (χ2v) is 6.28. The number of carbonyl (C=O) groups is 2. The maximum atomic E-state index is 12.1. The largest absolute Gasteiger partial charge is 0.493 e. The molecule has 7 nitrogen and oxygen atoms in total. The zero-order valence-corrected chi connectivity index (χ0v) is 14.7. The van der Waals surface area contributed by atoms with E-state index < -0.39 is 17.7 Å². The summed E-state index contributed by atoms with van der Waals surface area (Å²) in [4.78, 5) is 28.2. The first-order chi connectivity index (χ1) is 12.4. The first kappa shape index (κ1) is 17.7. The lowest BCUT2D eigenvalue weighted by molar-refractivity contribution is -0.222. The van der Waals surface area contributed by atoms with Gasteiger partial charge in [-0.2, -0.15) is 0 Å². The Morgan fingerprint density at radius 1 is 1.19 bits per heavy atom. The van der Waals surface area contributed by atoms with Crippen LogP contribution in [0.4, 0.5) is 0 Å². The molecule has 2 aromatic rings. The van der Waals surface area contributed by atoms with Gasteiger partial charge in [0.15, 0.2) is 0 Å². The van der Waals surface area contributed by atoms with Gasteiger partial charge in [-0.1, -0.05) is 18.2 Å². The summed E-state index contributed by atoms with van der Waals surface area (Å²) in [6.45, 7) is 4.30. The van der Waals surface area contributed by atoms with Crippen molar-refractivity contribution in [1.29, 1.82) is 0 Å². The fourth-order valence-corrected chi connectivity index (χ4v) is 2.51. The van der Waals surface area contributed by atoms with Crippen molar-refractivity contribution in [3.8, 4) is 5.75 Å². The predicted molar refractivity (Wildman–Crippen MR) is 93.0 cm³/mol. The standard InChI is InChI=1S/C19H20N2O5/c1-19(2)25-17(22)15(18(23)26-19)12-14-6-3-4-7-16(14)24-11-5-9-21-10-8-20-13-21/h3-4,6-8,10,12-13H,5,9,11H2,1-2H3. The Bertz CT molecular complexity index is 802. The van der Waals surface area contributed by atoms with Crippen LogP contribution < -0.4 is 4.74 Å². The van der Waals surface area contributed by atoms with Crippen LogP contribution in [0.5, 0.6) is 5.75 Å². The summed E-state index contributed by atoms with van der Waals surface area (Å²) in [5.41, 5.74) is 0.456. The van der Waals surface area contributed by atoms with Gasteiger partial charge in [0.25, 0.3) is 5.79 Å². The molecule has 1 fully saturated rings. The summed E-state index contributed by atoms with van der Waals surface area (Å²) in [5.74, 6) is -2.09. The molecule has 0 N–H and O–H groups in total. The van der Waals surface area contributed by atoms with Crippen LogP contribution in [0, 0.1) is 0 Å². The number of nitrogens with zero attached hydrogens (tertiary/aromatic N) is 2. The Morgan fingerprint density at radius 2 is 1.92 bits per heavy atom. The molecular formula is C19H20N2O5. The number of aryl methyl sites for hydroxylation is 1. The molecule has 0 unspecified atom stereocenters. The summed E-state index contributed by atoms with van der Waals surface area (Å²) in [5, 5.41) is 0. The monoisotopic (exact) mass is 356 g/mol. The highest BCUT2D eigenvalue weighted by Gasteiger charge is 2.38. The van der Waals surface area contributed by atoms with Crippen molar-refractivity contribution >= 4 is 18.0 Å². The fourth-order valence-electron chi connectivity index (χ4n) is 2.51. The average Bonchev–Trinajstić information content (AvgIpc) is 3.08. The Balaban J connectivity index is 1.68. The minimum Gasteiger partial charge on any atom is -0.493 e. The van der Waals surface area contributed by atoms with Crippen LogP contribution in [0.25, 0.3) is 6.08 Å². The summed E-state index contributed by atoms with van der Waals surface area (Å²) in [6, 6.07) is 7.17. The molecule has 7 heteroatoms. The van der Waals surface area contributed by atoms with Gasteiger partial charge in [0, 0.05) is 38.3 Å². The number of esters is 2. The number of carbonyl (C=O) groups excluding carboxylic acids is 2. The van der Waals surface area contributed by atoms with Crippen LogP contribution in [0.1, 0.15) is 25.8 Å². The van der Waals surface area contributed by atoms with Crippen LogP contribution >= 0.6 is 0 Å². The third-order valence-electron chi connectivity index (χ3n) is 3.71. The Labute approximate surface area is 151 Å². The van der Waals surface area contributed by atoms with Gasteiger partial charge in [-0.15, -0.1) is 0 Å². The summed E-state index contributed by atoms with van der Waals surface area (Å²) >= 11 is 0. The molecule has 3 rings (SSSR count). The zero-order valence-electron chi connectivity index (χ0n) is 14.7. The SMILES string of the molecule is CC1(C)OC(=O)C(=Cc2ccccc2OCCCn2ccnc2)C(=O)O1. The van der Waals surface area contributed by atoms with Gasteiger partial charge < -0.3 is 18.8 Å². The van der Waals surface area contributed by atoms with Crippen molar-refractivity contribution < 1.29 is 23.8 Å². The Kier molecular flexibility index (Phi) is 5.06. The summed E-state index contributed by atoms with van der Waals surface area (Å²) in [6.07, 6.45) is 7.59. The highest BCUT2D eigenvalue weighted by atomic mass is 16.7. The van der Waals surface area contributed by atoms with E-state index in [-0.39, 0.29) is 5.57 Å². The lowest BCUT2D eigenvalue weighted by Crippen LogP contribution is -2.41. The third-order valence-corrected chi connectivity index (χ3v) is 3.71. The van der Waals surface area contributed by atoms with E-state index in [4.69, 9.17) is 14.2 Å². The van der Waals surface area contributed by atoms with Crippen molar-refractivity contribution in [1.82, 2.24) is 9.55 Å². The predicted octanol–water partition coefficient (Wildman–Crippen LogP) is 2.57. The number of hydrogen-bond donors (Lipinski definition) is 0. The van der Waals surface area contributed by atoms with E-state index in [0.717, 1.165) is 13.0 Å². The van der Waals surface area contributed by atoms with Gasteiger partial charge in [-0.25, -0.2) is 14.6 Å². The second-order valence-electron chi connectivity index (χ2n) is 6.28. The molecule has 136 valence electrons. The molecule has 1 aliphatic rings. The minimum atomic E-state index is -1.26. The topological polar surface area (TPSA) is 79.7 Å². The van der Waals surface area contributed by atoms with E-state index in [1.807, 2.05) is 16.8 Å². The molecule has 1 saturated heterocycles. The Hall–Kier alpha value is -3.09. The Morgan fingerprint density at radius 3 is 2.62 bits per heavy atom. The molecule has 0 amide bonds. The number of benzene rings is 1. The van der Waals surface area contributed by atoms with E-state index >= 15 is 0 Å².